The van der Waals surface area contributed by atoms with Crippen LogP contribution >= 0.6 is 0 Å². The Kier molecular flexibility index (Phi) is 5.21. The first-order chi connectivity index (χ1) is 8.85. The van der Waals surface area contributed by atoms with E-state index < -0.39 is 0 Å². The van der Waals surface area contributed by atoms with Crippen molar-refractivity contribution in [2.75, 3.05) is 6.61 Å². The van der Waals surface area contributed by atoms with E-state index in [0.29, 0.717) is 12.1 Å². The van der Waals surface area contributed by atoms with Crippen molar-refractivity contribution in [3.8, 4) is 0 Å². The molecule has 1 aliphatic rings. The molecule has 2 rings (SSSR count). The Labute approximate surface area is 110 Å². The Morgan fingerprint density at radius 3 is 2.94 bits per heavy atom. The normalized spacial score (nSPS) is 21.1. The highest BCUT2D eigenvalue weighted by molar-refractivity contribution is 5.31. The number of nitrogens with one attached hydrogen (secondary N) is 1. The first kappa shape index (κ1) is 13.6. The van der Waals surface area contributed by atoms with Gasteiger partial charge < -0.3 is 10.4 Å². The zero-order valence-corrected chi connectivity index (χ0v) is 11.4. The standard InChI is InChI=1S/C16H25NO/c1-2-14(11-12-18)17-16-10-6-4-8-13-7-3-5-9-15(13)16/h3,5,7,9,14,16-18H,2,4,6,8,10-12H2,1H3. The van der Waals surface area contributed by atoms with E-state index in [1.807, 2.05) is 0 Å². The molecule has 2 N–H and O–H groups in total. The van der Waals surface area contributed by atoms with Gasteiger partial charge in [-0.1, -0.05) is 37.6 Å². The van der Waals surface area contributed by atoms with Crippen molar-refractivity contribution in [1.29, 1.82) is 0 Å². The number of fused-ring (bicyclic) bond motifs is 1. The van der Waals surface area contributed by atoms with Gasteiger partial charge in [-0.05, 0) is 43.2 Å². The van der Waals surface area contributed by atoms with Crippen LogP contribution in [0.3, 0.4) is 0 Å². The zero-order chi connectivity index (χ0) is 12.8. The second-order valence-corrected chi connectivity index (χ2v) is 5.28. The summed E-state index contributed by atoms with van der Waals surface area (Å²) >= 11 is 0. The van der Waals surface area contributed by atoms with Crippen LogP contribution in [-0.4, -0.2) is 17.8 Å². The van der Waals surface area contributed by atoms with Gasteiger partial charge in [0.05, 0.1) is 0 Å². The lowest BCUT2D eigenvalue weighted by Crippen LogP contribution is -2.33. The molecule has 0 bridgehead atoms. The number of aliphatic hydroxyl groups is 1. The van der Waals surface area contributed by atoms with Crippen LogP contribution < -0.4 is 5.32 Å². The van der Waals surface area contributed by atoms with Crippen LogP contribution in [0, 0.1) is 0 Å². The van der Waals surface area contributed by atoms with Gasteiger partial charge in [-0.25, -0.2) is 0 Å². The highest BCUT2D eigenvalue weighted by Gasteiger charge is 2.20. The first-order valence-corrected chi connectivity index (χ1v) is 7.30. The molecule has 2 unspecified atom stereocenters. The first-order valence-electron chi connectivity index (χ1n) is 7.30. The molecule has 2 heteroatoms. The molecule has 1 aromatic carbocycles. The average Bonchev–Trinajstić information content (AvgIpc) is 2.61. The van der Waals surface area contributed by atoms with E-state index in [1.165, 1.54) is 36.8 Å². The van der Waals surface area contributed by atoms with E-state index >= 15 is 0 Å². The molecule has 1 aromatic rings. The summed E-state index contributed by atoms with van der Waals surface area (Å²) in [4.78, 5) is 0. The predicted molar refractivity (Wildman–Crippen MR) is 75.7 cm³/mol. The predicted octanol–water partition coefficient (Wildman–Crippen LogP) is 3.20. The molecule has 2 atom stereocenters. The maximum atomic E-state index is 9.11. The van der Waals surface area contributed by atoms with E-state index in [0.717, 1.165) is 12.8 Å². The molecule has 18 heavy (non-hydrogen) atoms. The lowest BCUT2D eigenvalue weighted by Gasteiger charge is -2.25. The summed E-state index contributed by atoms with van der Waals surface area (Å²) in [5, 5.41) is 12.9. The molecular weight excluding hydrogens is 222 g/mol. The lowest BCUT2D eigenvalue weighted by molar-refractivity contribution is 0.253. The molecule has 0 saturated carbocycles. The molecule has 0 amide bonds. The highest BCUT2D eigenvalue weighted by Crippen LogP contribution is 2.29. The maximum absolute atomic E-state index is 9.11. The fourth-order valence-corrected chi connectivity index (χ4v) is 2.94. The van der Waals surface area contributed by atoms with Crippen molar-refractivity contribution >= 4 is 0 Å². The van der Waals surface area contributed by atoms with Gasteiger partial charge in [0.25, 0.3) is 0 Å². The van der Waals surface area contributed by atoms with Gasteiger partial charge in [0.15, 0.2) is 0 Å². The Balaban J connectivity index is 2.12. The molecule has 0 aromatic heterocycles. The zero-order valence-electron chi connectivity index (χ0n) is 11.4. The largest absolute Gasteiger partial charge is 0.396 e. The van der Waals surface area contributed by atoms with Gasteiger partial charge in [0.1, 0.15) is 0 Å². The summed E-state index contributed by atoms with van der Waals surface area (Å²) in [6.45, 7) is 2.47. The topological polar surface area (TPSA) is 32.3 Å². The van der Waals surface area contributed by atoms with Crippen LogP contribution in [0.25, 0.3) is 0 Å². The van der Waals surface area contributed by atoms with Crippen molar-refractivity contribution < 1.29 is 5.11 Å². The van der Waals surface area contributed by atoms with Crippen LogP contribution in [0.15, 0.2) is 24.3 Å². The third-order valence-electron chi connectivity index (χ3n) is 4.03. The van der Waals surface area contributed by atoms with Gasteiger partial charge in [0.2, 0.25) is 0 Å². The molecule has 0 spiro atoms. The molecule has 0 aliphatic heterocycles. The molecule has 100 valence electrons. The Morgan fingerprint density at radius 1 is 1.33 bits per heavy atom. The summed E-state index contributed by atoms with van der Waals surface area (Å²) in [6, 6.07) is 9.73. The molecule has 1 aliphatic carbocycles. The van der Waals surface area contributed by atoms with Crippen LogP contribution in [0.2, 0.25) is 0 Å². The molecule has 0 heterocycles. The van der Waals surface area contributed by atoms with Crippen molar-refractivity contribution in [2.45, 2.75) is 57.5 Å². The minimum atomic E-state index is 0.278. The summed E-state index contributed by atoms with van der Waals surface area (Å²) in [5.41, 5.74) is 2.98. The van der Waals surface area contributed by atoms with E-state index in [4.69, 9.17) is 5.11 Å². The van der Waals surface area contributed by atoms with E-state index in [1.54, 1.807) is 0 Å². The highest BCUT2D eigenvalue weighted by atomic mass is 16.3. The molecule has 0 radical (unpaired) electrons. The Morgan fingerprint density at radius 2 is 2.17 bits per heavy atom. The summed E-state index contributed by atoms with van der Waals surface area (Å²) in [5.74, 6) is 0. The smallest absolute Gasteiger partial charge is 0.0445 e. The number of rotatable bonds is 5. The van der Waals surface area contributed by atoms with Crippen LogP contribution in [-0.2, 0) is 6.42 Å². The second-order valence-electron chi connectivity index (χ2n) is 5.28. The number of benzene rings is 1. The number of hydrogen-bond acceptors (Lipinski definition) is 2. The average molecular weight is 247 g/mol. The lowest BCUT2D eigenvalue weighted by atomic mass is 9.97. The Bertz CT molecular complexity index is 364. The molecule has 0 fully saturated rings. The van der Waals surface area contributed by atoms with E-state index in [2.05, 4.69) is 36.5 Å². The van der Waals surface area contributed by atoms with Crippen LogP contribution in [0.5, 0.6) is 0 Å². The maximum Gasteiger partial charge on any atom is 0.0445 e. The van der Waals surface area contributed by atoms with Crippen LogP contribution in [0.4, 0.5) is 0 Å². The number of aliphatic hydroxyl groups excluding tert-OH is 1. The number of hydrogen-bond donors (Lipinski definition) is 2. The van der Waals surface area contributed by atoms with Crippen molar-refractivity contribution in [3.05, 3.63) is 35.4 Å². The fraction of sp³-hybridized carbons (Fsp3) is 0.625. The number of aryl methyl sites for hydroxylation is 1. The van der Waals surface area contributed by atoms with Crippen molar-refractivity contribution in [2.24, 2.45) is 0 Å². The molecule has 0 saturated heterocycles. The van der Waals surface area contributed by atoms with Gasteiger partial charge in [-0.15, -0.1) is 0 Å². The quantitative estimate of drug-likeness (QED) is 0.783. The van der Waals surface area contributed by atoms with Gasteiger partial charge in [-0.2, -0.15) is 0 Å². The van der Waals surface area contributed by atoms with Gasteiger partial charge in [0, 0.05) is 18.7 Å². The van der Waals surface area contributed by atoms with Crippen LogP contribution in [0.1, 0.15) is 56.2 Å². The monoisotopic (exact) mass is 247 g/mol. The van der Waals surface area contributed by atoms with Gasteiger partial charge in [-0.3, -0.25) is 0 Å². The minimum absolute atomic E-state index is 0.278. The van der Waals surface area contributed by atoms with E-state index in [-0.39, 0.29) is 6.61 Å². The third-order valence-corrected chi connectivity index (χ3v) is 4.03. The SMILES string of the molecule is CCC(CCO)NC1CCCCc2ccccc21. The molecular formula is C16H25NO. The Hall–Kier alpha value is -0.860. The summed E-state index contributed by atoms with van der Waals surface area (Å²) < 4.78 is 0. The molecule has 2 nitrogen and oxygen atoms in total. The van der Waals surface area contributed by atoms with Crippen molar-refractivity contribution in [3.63, 3.8) is 0 Å². The van der Waals surface area contributed by atoms with Gasteiger partial charge >= 0.3 is 0 Å². The fourth-order valence-electron chi connectivity index (χ4n) is 2.94. The van der Waals surface area contributed by atoms with Crippen molar-refractivity contribution in [1.82, 2.24) is 5.32 Å². The summed E-state index contributed by atoms with van der Waals surface area (Å²) in [6.07, 6.45) is 6.96. The minimum Gasteiger partial charge on any atom is -0.396 e. The third kappa shape index (κ3) is 3.33. The summed E-state index contributed by atoms with van der Waals surface area (Å²) in [7, 11) is 0. The van der Waals surface area contributed by atoms with E-state index in [9.17, 15) is 0 Å². The second kappa shape index (κ2) is 6.91.